The van der Waals surface area contributed by atoms with E-state index in [9.17, 15) is 24.0 Å². The van der Waals surface area contributed by atoms with Crippen LogP contribution in [0.2, 0.25) is 5.02 Å². The molecule has 3 aromatic carbocycles. The van der Waals surface area contributed by atoms with Crippen molar-refractivity contribution >= 4 is 63.6 Å². The van der Waals surface area contributed by atoms with Gasteiger partial charge in [-0.15, -0.1) is 0 Å². The predicted molar refractivity (Wildman–Crippen MR) is 238 cm³/mol. The summed E-state index contributed by atoms with van der Waals surface area (Å²) in [5, 5.41) is 11.7. The molecule has 0 aliphatic carbocycles. The van der Waals surface area contributed by atoms with Gasteiger partial charge in [0.15, 0.2) is 6.61 Å². The van der Waals surface area contributed by atoms with Crippen LogP contribution in [0.5, 0.6) is 5.75 Å². The number of nitrogens with zero attached hydrogens (tertiary/aromatic N) is 5. The van der Waals surface area contributed by atoms with Crippen LogP contribution in [0.4, 0.5) is 17.3 Å². The van der Waals surface area contributed by atoms with E-state index in [1.165, 1.54) is 9.13 Å². The summed E-state index contributed by atoms with van der Waals surface area (Å²) in [5.74, 6) is -0.488. The third-order valence-corrected chi connectivity index (χ3v) is 10.9. The van der Waals surface area contributed by atoms with Gasteiger partial charge in [0.05, 0.1) is 51.7 Å². The fourth-order valence-electron chi connectivity index (χ4n) is 7.42. The van der Waals surface area contributed by atoms with Crippen LogP contribution in [0.1, 0.15) is 70.3 Å². The smallest absolute Gasteiger partial charge is 0.329 e. The van der Waals surface area contributed by atoms with E-state index in [2.05, 4.69) is 48.4 Å². The first-order valence-corrected chi connectivity index (χ1v) is 21.2. The number of ether oxygens (including phenoxy) is 1. The van der Waals surface area contributed by atoms with Crippen LogP contribution in [0.3, 0.4) is 0 Å². The number of aromatic nitrogens is 5. The second-order valence-corrected chi connectivity index (χ2v) is 15.6. The molecular weight excluding hydrogens is 810 g/mol. The van der Waals surface area contributed by atoms with Crippen molar-refractivity contribution in [1.29, 1.82) is 0 Å². The summed E-state index contributed by atoms with van der Waals surface area (Å²) in [6, 6.07) is 24.1. The fourth-order valence-corrected chi connectivity index (χ4v) is 7.62. The second-order valence-electron chi connectivity index (χ2n) is 15.2. The minimum atomic E-state index is -0.809. The maximum atomic E-state index is 13.0. The van der Waals surface area contributed by atoms with Gasteiger partial charge in [0.25, 0.3) is 5.91 Å². The van der Waals surface area contributed by atoms with Crippen molar-refractivity contribution in [2.45, 2.75) is 70.3 Å². The zero-order valence-electron chi connectivity index (χ0n) is 34.4. The number of hydrogen-bond acceptors (Lipinski definition) is 10. The van der Waals surface area contributed by atoms with E-state index in [1.807, 2.05) is 42.5 Å². The summed E-state index contributed by atoms with van der Waals surface area (Å²) < 4.78 is 8.54. The SMILES string of the molecule is Cn1c(=O)n(C2CCC(=O)NC2=O)c2cc(OCC(=O)NCCCCCCCCCC(=O)Nc3cncc(Nc4ncc(Cl)c(-c5cccc(-c6ccccc6)c5)n4)c3)ccc21. The minimum absolute atomic E-state index is 0.0833. The van der Waals surface area contributed by atoms with E-state index < -0.39 is 11.9 Å². The number of fused-ring (bicyclic) bond motifs is 1. The van der Waals surface area contributed by atoms with Crippen molar-refractivity contribution in [2.24, 2.45) is 7.05 Å². The number of carbonyl (C=O) groups excluding carboxylic acids is 4. The Bertz CT molecular complexity index is 2630. The third-order valence-electron chi connectivity index (χ3n) is 10.6. The lowest BCUT2D eigenvalue weighted by molar-refractivity contribution is -0.135. The number of imide groups is 1. The second kappa shape index (κ2) is 20.6. The minimum Gasteiger partial charge on any atom is -0.484 e. The molecule has 0 radical (unpaired) electrons. The molecule has 3 aromatic heterocycles. The molecule has 0 saturated carbocycles. The molecule has 62 heavy (non-hydrogen) atoms. The van der Waals surface area contributed by atoms with Crippen molar-refractivity contribution in [2.75, 3.05) is 23.8 Å². The molecule has 1 saturated heterocycles. The molecule has 0 bridgehead atoms. The number of aryl methyl sites for hydroxylation is 1. The molecule has 1 aliphatic rings. The van der Waals surface area contributed by atoms with Crippen molar-refractivity contribution in [3.05, 3.63) is 113 Å². The van der Waals surface area contributed by atoms with Gasteiger partial charge in [0.1, 0.15) is 11.8 Å². The molecule has 4 amide bonds. The van der Waals surface area contributed by atoms with Gasteiger partial charge in [-0.3, -0.25) is 38.6 Å². The molecule has 1 aliphatic heterocycles. The number of hydrogen-bond donors (Lipinski definition) is 4. The summed E-state index contributed by atoms with van der Waals surface area (Å²) in [6.07, 6.45) is 12.1. The van der Waals surface area contributed by atoms with E-state index in [-0.39, 0.29) is 42.9 Å². The highest BCUT2D eigenvalue weighted by atomic mass is 35.5. The molecule has 4 N–H and O–H groups in total. The molecule has 1 atom stereocenters. The van der Waals surface area contributed by atoms with Crippen LogP contribution < -0.4 is 31.7 Å². The Morgan fingerprint density at radius 1 is 0.806 bits per heavy atom. The Morgan fingerprint density at radius 3 is 2.35 bits per heavy atom. The zero-order chi connectivity index (χ0) is 43.4. The highest BCUT2D eigenvalue weighted by Crippen LogP contribution is 2.31. The molecular formula is C46H48ClN9O6. The normalized spacial score (nSPS) is 13.7. The van der Waals surface area contributed by atoms with Gasteiger partial charge in [-0.1, -0.05) is 92.2 Å². The Balaban J connectivity index is 0.765. The van der Waals surface area contributed by atoms with E-state index in [1.54, 1.807) is 49.9 Å². The van der Waals surface area contributed by atoms with Crippen LogP contribution in [-0.4, -0.2) is 60.9 Å². The largest absolute Gasteiger partial charge is 0.484 e. The topological polar surface area (TPSA) is 191 Å². The maximum absolute atomic E-state index is 13.0. The van der Waals surface area contributed by atoms with E-state index in [4.69, 9.17) is 16.3 Å². The number of unbranched alkanes of at least 4 members (excludes halogenated alkanes) is 6. The standard InChI is InChI=1S/C46H48ClN9O6/c1-55-37-19-18-35(25-39(37)56(46(55)61)38-20-21-41(58)53-44(38)60)62-29-42(59)49-22-11-6-4-2-3-5-10-17-40(57)51-33-24-34(27-48-26-33)52-45-50-28-36(47)43(54-45)32-16-12-15-31(23-32)30-13-8-7-9-14-30/h7-9,12-16,18-19,23-28,38H,2-6,10-11,17,20-22,29H2,1H3,(H,49,59)(H,51,57)(H,50,52,54)(H,53,58,60). The van der Waals surface area contributed by atoms with Crippen molar-refractivity contribution in [3.63, 3.8) is 0 Å². The first-order chi connectivity index (χ1) is 30.1. The highest BCUT2D eigenvalue weighted by molar-refractivity contribution is 6.33. The molecule has 4 heterocycles. The molecule has 16 heteroatoms. The van der Waals surface area contributed by atoms with Gasteiger partial charge < -0.3 is 20.7 Å². The highest BCUT2D eigenvalue weighted by Gasteiger charge is 2.31. The van der Waals surface area contributed by atoms with Crippen molar-refractivity contribution < 1.29 is 23.9 Å². The van der Waals surface area contributed by atoms with Gasteiger partial charge in [0, 0.05) is 38.1 Å². The van der Waals surface area contributed by atoms with Crippen molar-refractivity contribution in [3.8, 4) is 28.1 Å². The molecule has 7 rings (SSSR count). The van der Waals surface area contributed by atoms with Crippen LogP contribution >= 0.6 is 11.6 Å². The first-order valence-electron chi connectivity index (χ1n) is 20.8. The predicted octanol–water partition coefficient (Wildman–Crippen LogP) is 7.49. The summed E-state index contributed by atoms with van der Waals surface area (Å²) in [7, 11) is 1.62. The number of amides is 4. The lowest BCUT2D eigenvalue weighted by Crippen LogP contribution is -2.44. The van der Waals surface area contributed by atoms with Gasteiger partial charge in [-0.2, -0.15) is 0 Å². The Labute approximate surface area is 363 Å². The van der Waals surface area contributed by atoms with E-state index in [0.717, 1.165) is 61.6 Å². The lowest BCUT2D eigenvalue weighted by Gasteiger charge is -2.22. The molecule has 6 aromatic rings. The lowest BCUT2D eigenvalue weighted by atomic mass is 10.0. The molecule has 320 valence electrons. The quantitative estimate of drug-likeness (QED) is 0.0469. The summed E-state index contributed by atoms with van der Waals surface area (Å²) in [5.41, 5.74) is 5.50. The van der Waals surface area contributed by atoms with Gasteiger partial charge in [-0.05, 0) is 54.7 Å². The number of nitrogens with one attached hydrogen (secondary N) is 4. The number of piperidine rings is 1. The van der Waals surface area contributed by atoms with Crippen LogP contribution in [0.15, 0.2) is 102 Å². The van der Waals surface area contributed by atoms with Crippen LogP contribution in [0.25, 0.3) is 33.4 Å². The van der Waals surface area contributed by atoms with Gasteiger partial charge >= 0.3 is 5.69 Å². The third kappa shape index (κ3) is 11.1. The number of benzene rings is 3. The average Bonchev–Trinajstić information content (AvgIpc) is 3.52. The molecule has 15 nitrogen and oxygen atoms in total. The number of anilines is 3. The number of rotatable bonds is 19. The van der Waals surface area contributed by atoms with E-state index in [0.29, 0.717) is 57.8 Å². The zero-order valence-corrected chi connectivity index (χ0v) is 35.1. The number of carbonyl (C=O) groups is 4. The van der Waals surface area contributed by atoms with Gasteiger partial charge in [0.2, 0.25) is 23.7 Å². The monoisotopic (exact) mass is 857 g/mol. The number of halogens is 1. The van der Waals surface area contributed by atoms with Gasteiger partial charge in [-0.25, -0.2) is 14.8 Å². The summed E-state index contributed by atoms with van der Waals surface area (Å²) in [6.45, 7) is 0.330. The summed E-state index contributed by atoms with van der Waals surface area (Å²) >= 11 is 6.53. The van der Waals surface area contributed by atoms with E-state index >= 15 is 0 Å². The molecule has 0 spiro atoms. The number of pyridine rings is 1. The van der Waals surface area contributed by atoms with Crippen LogP contribution in [-0.2, 0) is 26.2 Å². The Kier molecular flexibility index (Phi) is 14.4. The first kappa shape index (κ1) is 43.2. The fraction of sp³-hybridized carbons (Fsp3) is 0.304. The van der Waals surface area contributed by atoms with Crippen LogP contribution in [0, 0.1) is 0 Å². The number of imidazole rings is 1. The maximum Gasteiger partial charge on any atom is 0.329 e. The molecule has 1 unspecified atom stereocenters. The molecule has 1 fully saturated rings. The Hall–Kier alpha value is -6.87. The summed E-state index contributed by atoms with van der Waals surface area (Å²) in [4.78, 5) is 75.6. The Morgan fingerprint density at radius 2 is 1.55 bits per heavy atom. The van der Waals surface area contributed by atoms with Crippen molar-refractivity contribution in [1.82, 2.24) is 34.7 Å². The average molecular weight is 858 g/mol.